The van der Waals surface area contributed by atoms with Gasteiger partial charge in [0, 0.05) is 17.6 Å². The van der Waals surface area contributed by atoms with Gasteiger partial charge in [-0.15, -0.1) is 10.2 Å². The van der Waals surface area contributed by atoms with Crippen molar-refractivity contribution in [3.63, 3.8) is 0 Å². The zero-order chi connectivity index (χ0) is 15.0. The molecule has 0 aliphatic heterocycles. The smallest absolute Gasteiger partial charge is 0.259 e. The summed E-state index contributed by atoms with van der Waals surface area (Å²) in [7, 11) is -3.92. The van der Waals surface area contributed by atoms with Crippen LogP contribution in [0.4, 0.5) is 5.69 Å². The number of fused-ring (bicyclic) bond motifs is 1. The first-order valence-electron chi connectivity index (χ1n) is 7.10. The molecule has 8 heteroatoms. The number of nitrogens with two attached hydrogens (primary N) is 1. The molecule has 114 valence electrons. The molecular formula is C13H19N5O2S. The van der Waals surface area contributed by atoms with E-state index in [1.165, 1.54) is 6.42 Å². The molecule has 2 atom stereocenters. The molecule has 4 N–H and O–H groups in total. The van der Waals surface area contributed by atoms with Crippen LogP contribution in [0.2, 0.25) is 0 Å². The first-order valence-corrected chi connectivity index (χ1v) is 8.64. The maximum absolute atomic E-state index is 11.8. The maximum Gasteiger partial charge on any atom is 0.259 e. The van der Waals surface area contributed by atoms with Crippen molar-refractivity contribution in [3.8, 4) is 0 Å². The Kier molecular flexibility index (Phi) is 3.58. The Morgan fingerprint density at radius 3 is 2.81 bits per heavy atom. The number of sulfonamides is 1. The van der Waals surface area contributed by atoms with Crippen LogP contribution in [0.25, 0.3) is 11.0 Å². The molecule has 1 aliphatic rings. The molecule has 2 heterocycles. The van der Waals surface area contributed by atoms with E-state index in [1.54, 1.807) is 12.3 Å². The first kappa shape index (κ1) is 14.3. The summed E-state index contributed by atoms with van der Waals surface area (Å²) < 4.78 is 23.5. The highest BCUT2D eigenvalue weighted by Crippen LogP contribution is 2.32. The first-order chi connectivity index (χ1) is 9.97. The van der Waals surface area contributed by atoms with E-state index >= 15 is 0 Å². The highest BCUT2D eigenvalue weighted by atomic mass is 32.2. The third-order valence-electron chi connectivity index (χ3n) is 4.16. The van der Waals surface area contributed by atoms with Gasteiger partial charge in [-0.3, -0.25) is 0 Å². The van der Waals surface area contributed by atoms with Crippen LogP contribution in [-0.4, -0.2) is 29.6 Å². The minimum Gasteiger partial charge on any atom is -0.379 e. The number of aromatic nitrogens is 3. The standard InChI is InChI=1S/C13H19N5O2S/c1-8-4-2-3-5-10(8)16-11-9-6-7-15-12(9)17-18-13(11)21(14,19)20/h6-8,10H,2-5H2,1H3,(H2,14,19,20)(H2,15,16,17). The van der Waals surface area contributed by atoms with E-state index in [0.29, 0.717) is 22.6 Å². The molecule has 1 fully saturated rings. The summed E-state index contributed by atoms with van der Waals surface area (Å²) in [6.45, 7) is 2.18. The topological polar surface area (TPSA) is 114 Å². The summed E-state index contributed by atoms with van der Waals surface area (Å²) in [6, 6.07) is 2.01. The largest absolute Gasteiger partial charge is 0.379 e. The molecule has 21 heavy (non-hydrogen) atoms. The van der Waals surface area contributed by atoms with Crippen LogP contribution in [0.1, 0.15) is 32.6 Å². The number of H-pyrrole nitrogens is 1. The van der Waals surface area contributed by atoms with Gasteiger partial charge < -0.3 is 10.3 Å². The maximum atomic E-state index is 11.8. The van der Waals surface area contributed by atoms with Gasteiger partial charge in [0.25, 0.3) is 10.0 Å². The van der Waals surface area contributed by atoms with Gasteiger partial charge in [0.1, 0.15) is 0 Å². The molecule has 2 aromatic rings. The molecule has 7 nitrogen and oxygen atoms in total. The predicted molar refractivity (Wildman–Crippen MR) is 80.3 cm³/mol. The Bertz CT molecular complexity index is 755. The molecule has 1 saturated carbocycles. The van der Waals surface area contributed by atoms with Crippen LogP contribution in [0.5, 0.6) is 0 Å². The van der Waals surface area contributed by atoms with E-state index < -0.39 is 10.0 Å². The minimum atomic E-state index is -3.92. The number of nitrogens with one attached hydrogen (secondary N) is 2. The van der Waals surface area contributed by atoms with E-state index in [4.69, 9.17) is 5.14 Å². The summed E-state index contributed by atoms with van der Waals surface area (Å²) in [5.41, 5.74) is 1.01. The van der Waals surface area contributed by atoms with Crippen molar-refractivity contribution in [3.05, 3.63) is 12.3 Å². The third-order valence-corrected chi connectivity index (χ3v) is 4.98. The van der Waals surface area contributed by atoms with E-state index in [9.17, 15) is 8.42 Å². The predicted octanol–water partition coefficient (Wildman–Crippen LogP) is 1.60. The van der Waals surface area contributed by atoms with Crippen LogP contribution in [0.15, 0.2) is 17.3 Å². The molecule has 2 aromatic heterocycles. The van der Waals surface area contributed by atoms with Gasteiger partial charge in [-0.05, 0) is 24.8 Å². The van der Waals surface area contributed by atoms with Crippen molar-refractivity contribution >= 4 is 26.7 Å². The summed E-state index contributed by atoms with van der Waals surface area (Å²) in [5.74, 6) is 0.481. The molecule has 2 unspecified atom stereocenters. The highest BCUT2D eigenvalue weighted by Gasteiger charge is 2.26. The highest BCUT2D eigenvalue weighted by molar-refractivity contribution is 7.89. The van der Waals surface area contributed by atoms with Crippen molar-refractivity contribution in [1.29, 1.82) is 0 Å². The van der Waals surface area contributed by atoms with Crippen LogP contribution in [-0.2, 0) is 10.0 Å². The number of rotatable bonds is 3. The fourth-order valence-electron chi connectivity index (χ4n) is 2.96. The van der Waals surface area contributed by atoms with Gasteiger partial charge in [0.2, 0.25) is 5.03 Å². The van der Waals surface area contributed by atoms with E-state index in [2.05, 4.69) is 27.4 Å². The lowest BCUT2D eigenvalue weighted by molar-refractivity contribution is 0.349. The summed E-state index contributed by atoms with van der Waals surface area (Å²) in [4.78, 5) is 2.94. The Balaban J connectivity index is 2.08. The zero-order valence-electron chi connectivity index (χ0n) is 11.8. The van der Waals surface area contributed by atoms with Crippen molar-refractivity contribution in [2.75, 3.05) is 5.32 Å². The van der Waals surface area contributed by atoms with E-state index in [1.807, 2.05) is 0 Å². The Hall–Kier alpha value is -1.67. The molecule has 0 bridgehead atoms. The van der Waals surface area contributed by atoms with Crippen molar-refractivity contribution < 1.29 is 8.42 Å². The van der Waals surface area contributed by atoms with Crippen LogP contribution < -0.4 is 10.5 Å². The Morgan fingerprint density at radius 2 is 2.10 bits per heavy atom. The lowest BCUT2D eigenvalue weighted by Gasteiger charge is -2.30. The summed E-state index contributed by atoms with van der Waals surface area (Å²) in [6.07, 6.45) is 6.22. The van der Waals surface area contributed by atoms with Gasteiger partial charge in [-0.1, -0.05) is 19.8 Å². The number of hydrogen-bond acceptors (Lipinski definition) is 5. The van der Waals surface area contributed by atoms with Crippen molar-refractivity contribution in [2.24, 2.45) is 11.1 Å². The second-order valence-corrected chi connectivity index (χ2v) is 7.15. The molecule has 3 rings (SSSR count). The quantitative estimate of drug-likeness (QED) is 0.796. The van der Waals surface area contributed by atoms with Gasteiger partial charge in [0.15, 0.2) is 5.65 Å². The SMILES string of the molecule is CC1CCCCC1Nc1c(S(N)(=O)=O)nnc2[nH]ccc12. The van der Waals surface area contributed by atoms with Gasteiger partial charge in [-0.25, -0.2) is 13.6 Å². The molecule has 0 spiro atoms. The van der Waals surface area contributed by atoms with Gasteiger partial charge >= 0.3 is 0 Å². The number of hydrogen-bond donors (Lipinski definition) is 3. The van der Waals surface area contributed by atoms with Crippen molar-refractivity contribution in [2.45, 2.75) is 43.7 Å². The monoisotopic (exact) mass is 309 g/mol. The molecule has 1 aliphatic carbocycles. The Labute approximate surface area is 123 Å². The van der Waals surface area contributed by atoms with Crippen LogP contribution in [0, 0.1) is 5.92 Å². The minimum absolute atomic E-state index is 0.188. The molecular weight excluding hydrogens is 290 g/mol. The fraction of sp³-hybridized carbons (Fsp3) is 0.538. The number of aromatic amines is 1. The molecule has 0 aromatic carbocycles. The van der Waals surface area contributed by atoms with Crippen LogP contribution in [0.3, 0.4) is 0 Å². The van der Waals surface area contributed by atoms with Crippen LogP contribution >= 0.6 is 0 Å². The van der Waals surface area contributed by atoms with Gasteiger partial charge in [0.05, 0.1) is 5.69 Å². The summed E-state index contributed by atoms with van der Waals surface area (Å²) in [5, 5.41) is 16.8. The fourth-order valence-corrected chi connectivity index (χ4v) is 3.57. The third kappa shape index (κ3) is 2.73. The Morgan fingerprint density at radius 1 is 1.33 bits per heavy atom. The van der Waals surface area contributed by atoms with E-state index in [-0.39, 0.29) is 11.1 Å². The number of primary sulfonamides is 1. The zero-order valence-corrected chi connectivity index (χ0v) is 12.7. The van der Waals surface area contributed by atoms with Crippen molar-refractivity contribution in [1.82, 2.24) is 15.2 Å². The molecule has 0 radical (unpaired) electrons. The summed E-state index contributed by atoms with van der Waals surface area (Å²) >= 11 is 0. The lowest BCUT2D eigenvalue weighted by atomic mass is 9.86. The second kappa shape index (κ2) is 5.27. The molecule has 0 saturated heterocycles. The average Bonchev–Trinajstić information content (AvgIpc) is 2.89. The normalized spacial score (nSPS) is 23.3. The van der Waals surface area contributed by atoms with E-state index in [0.717, 1.165) is 19.3 Å². The van der Waals surface area contributed by atoms with Gasteiger partial charge in [-0.2, -0.15) is 0 Å². The second-order valence-electron chi connectivity index (χ2n) is 5.68. The molecule has 0 amide bonds. The number of nitrogens with zero attached hydrogens (tertiary/aromatic N) is 2. The average molecular weight is 309 g/mol. The number of anilines is 1. The lowest BCUT2D eigenvalue weighted by Crippen LogP contribution is -2.31.